The summed E-state index contributed by atoms with van der Waals surface area (Å²) in [6.45, 7) is 8.55. The lowest BCUT2D eigenvalue weighted by Gasteiger charge is -2.43. The first-order valence-electron chi connectivity index (χ1n) is 10.6. The lowest BCUT2D eigenvalue weighted by molar-refractivity contribution is -0.0474. The number of hydrogen-bond donors (Lipinski definition) is 1. The van der Waals surface area contributed by atoms with Crippen molar-refractivity contribution in [2.75, 3.05) is 20.3 Å². The zero-order valence-electron chi connectivity index (χ0n) is 17.8. The minimum absolute atomic E-state index is 0.0865. The van der Waals surface area contributed by atoms with E-state index in [0.717, 1.165) is 38.2 Å². The lowest BCUT2D eigenvalue weighted by atomic mass is 9.68. The number of nitrogens with one attached hydrogen (secondary N) is 1. The highest BCUT2D eigenvalue weighted by molar-refractivity contribution is 5.40. The first-order valence-corrected chi connectivity index (χ1v) is 10.6. The van der Waals surface area contributed by atoms with Gasteiger partial charge in [0.05, 0.1) is 13.2 Å². The van der Waals surface area contributed by atoms with Crippen LogP contribution in [0, 0.1) is 5.92 Å². The number of ether oxygens (including phenoxy) is 2. The van der Waals surface area contributed by atoms with Gasteiger partial charge in [0, 0.05) is 23.6 Å². The Morgan fingerprint density at radius 2 is 1.79 bits per heavy atom. The maximum atomic E-state index is 6.13. The maximum absolute atomic E-state index is 6.13. The van der Waals surface area contributed by atoms with Crippen molar-refractivity contribution in [3.63, 3.8) is 0 Å². The number of hydrogen-bond acceptors (Lipinski definition) is 3. The molecule has 3 nitrogen and oxygen atoms in total. The van der Waals surface area contributed by atoms with Crippen molar-refractivity contribution < 1.29 is 9.47 Å². The summed E-state index contributed by atoms with van der Waals surface area (Å²) < 4.78 is 11.9. The van der Waals surface area contributed by atoms with Gasteiger partial charge >= 0.3 is 0 Å². The lowest BCUT2D eigenvalue weighted by Crippen LogP contribution is -2.43. The Balaban J connectivity index is 1.79. The summed E-state index contributed by atoms with van der Waals surface area (Å²) in [5.74, 6) is 1.52. The van der Waals surface area contributed by atoms with Gasteiger partial charge in [0.15, 0.2) is 0 Å². The minimum Gasteiger partial charge on any atom is -0.496 e. The van der Waals surface area contributed by atoms with Crippen LogP contribution in [0.3, 0.4) is 0 Å². The third-order valence-corrected chi connectivity index (χ3v) is 6.28. The second-order valence-corrected chi connectivity index (χ2v) is 8.42. The van der Waals surface area contributed by atoms with Crippen LogP contribution in [0.15, 0.2) is 54.6 Å². The van der Waals surface area contributed by atoms with Crippen LogP contribution in [0.2, 0.25) is 0 Å². The molecule has 28 heavy (non-hydrogen) atoms. The Kier molecular flexibility index (Phi) is 7.14. The molecular weight excluding hydrogens is 346 g/mol. The molecular formula is C25H35NO2. The molecule has 1 N–H and O–H groups in total. The summed E-state index contributed by atoms with van der Waals surface area (Å²) in [4.78, 5) is 0. The van der Waals surface area contributed by atoms with Crippen LogP contribution in [-0.2, 0) is 10.2 Å². The number of rotatable bonds is 8. The van der Waals surface area contributed by atoms with E-state index in [-0.39, 0.29) is 5.41 Å². The van der Waals surface area contributed by atoms with Gasteiger partial charge in [-0.1, -0.05) is 62.4 Å². The SMILES string of the molecule is COc1ccccc1[C@]1(CCN[C@H](C)c2ccccc2)CCO[C@H](C(C)C)C1. The molecule has 1 aliphatic rings. The fraction of sp³-hybridized carbons (Fsp3) is 0.520. The molecule has 0 amide bonds. The predicted octanol–water partition coefficient (Wildman–Crippen LogP) is 5.51. The molecule has 1 aliphatic heterocycles. The maximum Gasteiger partial charge on any atom is 0.122 e. The molecule has 3 rings (SSSR count). The topological polar surface area (TPSA) is 30.5 Å². The van der Waals surface area contributed by atoms with E-state index in [9.17, 15) is 0 Å². The average Bonchev–Trinajstić information content (AvgIpc) is 2.74. The Morgan fingerprint density at radius 3 is 2.50 bits per heavy atom. The molecule has 3 atom stereocenters. The first kappa shape index (κ1) is 20.9. The first-order chi connectivity index (χ1) is 13.6. The monoisotopic (exact) mass is 381 g/mol. The van der Waals surface area contributed by atoms with Crippen LogP contribution in [0.4, 0.5) is 0 Å². The van der Waals surface area contributed by atoms with Gasteiger partial charge in [0.2, 0.25) is 0 Å². The molecule has 0 aliphatic carbocycles. The van der Waals surface area contributed by atoms with Gasteiger partial charge < -0.3 is 14.8 Å². The van der Waals surface area contributed by atoms with Crippen LogP contribution in [0.25, 0.3) is 0 Å². The zero-order chi connectivity index (χ0) is 20.0. The van der Waals surface area contributed by atoms with Gasteiger partial charge in [0.1, 0.15) is 5.75 Å². The van der Waals surface area contributed by atoms with Crippen LogP contribution < -0.4 is 10.1 Å². The highest BCUT2D eigenvalue weighted by Crippen LogP contribution is 2.45. The Morgan fingerprint density at radius 1 is 1.07 bits per heavy atom. The fourth-order valence-corrected chi connectivity index (χ4v) is 4.46. The standard InChI is InChI=1S/C25H35NO2/c1-19(2)24-18-25(15-17-28-24,22-12-8-9-13-23(22)27-4)14-16-26-20(3)21-10-6-5-7-11-21/h5-13,19-20,24,26H,14-18H2,1-4H3/t20-,24+,25-/m1/s1. The van der Waals surface area contributed by atoms with Gasteiger partial charge in [-0.15, -0.1) is 0 Å². The van der Waals surface area contributed by atoms with E-state index in [1.807, 2.05) is 0 Å². The summed E-state index contributed by atoms with van der Waals surface area (Å²) in [7, 11) is 1.78. The summed E-state index contributed by atoms with van der Waals surface area (Å²) >= 11 is 0. The summed E-state index contributed by atoms with van der Waals surface area (Å²) in [5, 5.41) is 3.74. The quantitative estimate of drug-likeness (QED) is 0.654. The van der Waals surface area contributed by atoms with Crippen molar-refractivity contribution in [2.45, 2.75) is 57.6 Å². The van der Waals surface area contributed by atoms with E-state index in [2.05, 4.69) is 80.7 Å². The van der Waals surface area contributed by atoms with Crippen molar-refractivity contribution in [1.29, 1.82) is 0 Å². The Labute approximate surface area is 170 Å². The van der Waals surface area contributed by atoms with Crippen LogP contribution in [-0.4, -0.2) is 26.4 Å². The molecule has 1 fully saturated rings. The zero-order valence-corrected chi connectivity index (χ0v) is 17.8. The van der Waals surface area contributed by atoms with Crippen molar-refractivity contribution in [3.8, 4) is 5.75 Å². The van der Waals surface area contributed by atoms with Crippen molar-refractivity contribution in [2.24, 2.45) is 5.92 Å². The van der Waals surface area contributed by atoms with Gasteiger partial charge in [-0.25, -0.2) is 0 Å². The van der Waals surface area contributed by atoms with Gasteiger partial charge in [-0.3, -0.25) is 0 Å². The number of benzene rings is 2. The smallest absolute Gasteiger partial charge is 0.122 e. The fourth-order valence-electron chi connectivity index (χ4n) is 4.46. The molecule has 1 saturated heterocycles. The summed E-state index contributed by atoms with van der Waals surface area (Å²) in [5.41, 5.74) is 2.75. The predicted molar refractivity (Wildman–Crippen MR) is 116 cm³/mol. The molecule has 0 radical (unpaired) electrons. The van der Waals surface area contributed by atoms with E-state index < -0.39 is 0 Å². The summed E-state index contributed by atoms with van der Waals surface area (Å²) in [6, 6.07) is 19.6. The minimum atomic E-state index is 0.0865. The van der Waals surface area contributed by atoms with Crippen molar-refractivity contribution in [1.82, 2.24) is 5.32 Å². The van der Waals surface area contributed by atoms with Crippen molar-refractivity contribution >= 4 is 0 Å². The second-order valence-electron chi connectivity index (χ2n) is 8.42. The highest BCUT2D eigenvalue weighted by atomic mass is 16.5. The second kappa shape index (κ2) is 9.58. The molecule has 3 heteroatoms. The molecule has 0 unspecified atom stereocenters. The molecule has 0 aromatic heterocycles. The van der Waals surface area contributed by atoms with E-state index in [4.69, 9.17) is 9.47 Å². The number of para-hydroxylation sites is 1. The van der Waals surface area contributed by atoms with Crippen LogP contribution in [0.1, 0.15) is 57.2 Å². The van der Waals surface area contributed by atoms with Crippen LogP contribution >= 0.6 is 0 Å². The highest BCUT2D eigenvalue weighted by Gasteiger charge is 2.40. The molecule has 0 spiro atoms. The van der Waals surface area contributed by atoms with Gasteiger partial charge in [-0.2, -0.15) is 0 Å². The normalized spacial score (nSPS) is 23.5. The van der Waals surface area contributed by atoms with E-state index in [1.165, 1.54) is 11.1 Å². The van der Waals surface area contributed by atoms with Crippen molar-refractivity contribution in [3.05, 3.63) is 65.7 Å². The molecule has 0 saturated carbocycles. The molecule has 0 bridgehead atoms. The van der Waals surface area contributed by atoms with E-state index >= 15 is 0 Å². The molecule has 152 valence electrons. The Bertz CT molecular complexity index is 730. The Hall–Kier alpha value is -1.84. The van der Waals surface area contributed by atoms with E-state index in [1.54, 1.807) is 7.11 Å². The average molecular weight is 382 g/mol. The third-order valence-electron chi connectivity index (χ3n) is 6.28. The van der Waals surface area contributed by atoms with Gasteiger partial charge in [-0.05, 0) is 50.3 Å². The van der Waals surface area contributed by atoms with Gasteiger partial charge in [0.25, 0.3) is 0 Å². The molecule has 2 aromatic carbocycles. The van der Waals surface area contributed by atoms with E-state index in [0.29, 0.717) is 18.1 Å². The number of methoxy groups -OCH3 is 1. The van der Waals surface area contributed by atoms with Crippen LogP contribution in [0.5, 0.6) is 5.75 Å². The largest absolute Gasteiger partial charge is 0.496 e. The molecule has 1 heterocycles. The molecule has 2 aromatic rings. The third kappa shape index (κ3) is 4.76. The summed E-state index contributed by atoms with van der Waals surface area (Å²) in [6.07, 6.45) is 3.46.